The lowest BCUT2D eigenvalue weighted by molar-refractivity contribution is -0.262. The number of hydrogen-bond acceptors (Lipinski definition) is 5. The summed E-state index contributed by atoms with van der Waals surface area (Å²) < 4.78 is 77.5. The van der Waals surface area contributed by atoms with Crippen LogP contribution in [0.2, 0.25) is 5.02 Å². The fraction of sp³-hybridized carbons (Fsp3) is 0.517. The smallest absolute Gasteiger partial charge is 0.430 e. The molecule has 0 spiro atoms. The molecule has 2 aromatic rings. The van der Waals surface area contributed by atoms with E-state index in [1.165, 1.54) is 4.90 Å². The quantitative estimate of drug-likeness (QED) is 0.355. The molecule has 0 radical (unpaired) electrons. The molecule has 2 fully saturated rings. The summed E-state index contributed by atoms with van der Waals surface area (Å²) in [6.07, 6.45) is -2.07. The third-order valence-corrected chi connectivity index (χ3v) is 8.15. The van der Waals surface area contributed by atoms with Crippen molar-refractivity contribution in [2.45, 2.75) is 56.6 Å². The van der Waals surface area contributed by atoms with Crippen molar-refractivity contribution >= 4 is 23.4 Å². The van der Waals surface area contributed by atoms with E-state index in [4.69, 9.17) is 16.3 Å². The summed E-state index contributed by atoms with van der Waals surface area (Å²) in [7, 11) is 3.27. The lowest BCUT2D eigenvalue weighted by Gasteiger charge is -2.41. The molecule has 4 rings (SSSR count). The zero-order valence-corrected chi connectivity index (χ0v) is 23.8. The van der Waals surface area contributed by atoms with Crippen LogP contribution in [-0.4, -0.2) is 72.8 Å². The molecule has 1 aliphatic carbocycles. The average Bonchev–Trinajstić information content (AvgIpc) is 2.90. The van der Waals surface area contributed by atoms with Gasteiger partial charge in [0.05, 0.1) is 16.7 Å². The molecule has 1 aliphatic heterocycles. The Balaban J connectivity index is 1.29. The number of carbonyl (C=O) groups excluding carboxylic acids is 2. The first-order chi connectivity index (χ1) is 19.7. The Bertz CT molecular complexity index is 1280. The Hall–Kier alpha value is -3.12. The van der Waals surface area contributed by atoms with Gasteiger partial charge in [-0.3, -0.25) is 9.59 Å². The van der Waals surface area contributed by atoms with E-state index in [1.807, 2.05) is 0 Å². The van der Waals surface area contributed by atoms with Gasteiger partial charge in [0, 0.05) is 32.7 Å². The molecule has 2 amide bonds. The highest BCUT2D eigenvalue weighted by molar-refractivity contribution is 6.34. The van der Waals surface area contributed by atoms with Crippen molar-refractivity contribution in [1.29, 1.82) is 0 Å². The number of ether oxygens (including phenoxy) is 2. The minimum absolute atomic E-state index is 0.0188. The Labute approximate surface area is 245 Å². The van der Waals surface area contributed by atoms with Crippen molar-refractivity contribution in [3.8, 4) is 11.5 Å². The number of nitrogens with zero attached hydrogens (tertiary/aromatic N) is 2. The van der Waals surface area contributed by atoms with Crippen LogP contribution in [0, 0.1) is 11.8 Å². The van der Waals surface area contributed by atoms with Gasteiger partial charge in [0.15, 0.2) is 0 Å². The van der Waals surface area contributed by atoms with Crippen molar-refractivity contribution < 1.29 is 46.1 Å². The standard InChI is InChI=1S/C29H32ClF5N2O5/c1-36(2)25(38)23-7-6-21(16-24(23)30)41-22-13-18(14-22)12-17-8-10-37(11-9-17)26(39)28(40,29(33,34)35)19-4-3-5-20(15-19)42-27(31)32/h3-7,15-18,22,27,40H,8-14H2,1-2H3/t18-,22+,28?. The van der Waals surface area contributed by atoms with Crippen LogP contribution in [0.3, 0.4) is 0 Å². The van der Waals surface area contributed by atoms with Gasteiger partial charge >= 0.3 is 12.8 Å². The van der Waals surface area contributed by atoms with Crippen LogP contribution in [0.1, 0.15) is 48.0 Å². The number of rotatable bonds is 9. The predicted molar refractivity (Wildman–Crippen MR) is 144 cm³/mol. The van der Waals surface area contributed by atoms with Crippen LogP contribution >= 0.6 is 11.6 Å². The number of aliphatic hydroxyl groups is 1. The Morgan fingerprint density at radius 2 is 1.71 bits per heavy atom. The monoisotopic (exact) mass is 618 g/mol. The maximum Gasteiger partial charge on any atom is 0.430 e. The molecule has 7 nitrogen and oxygen atoms in total. The highest BCUT2D eigenvalue weighted by Crippen LogP contribution is 2.43. The van der Waals surface area contributed by atoms with Gasteiger partial charge in [-0.05, 0) is 74.3 Å². The molecule has 1 unspecified atom stereocenters. The van der Waals surface area contributed by atoms with Crippen LogP contribution in [0.5, 0.6) is 11.5 Å². The SMILES string of the molecule is CN(C)C(=O)c1ccc(O[C@H]2C[C@@H](CC3CCN(C(=O)C(O)(c4cccc(OC(F)F)c4)C(F)(F)F)CC3)C2)cc1Cl. The second-order valence-corrected chi connectivity index (χ2v) is 11.4. The zero-order chi connectivity index (χ0) is 30.8. The second kappa shape index (κ2) is 12.6. The molecule has 1 atom stereocenters. The summed E-state index contributed by atoms with van der Waals surface area (Å²) >= 11 is 6.25. The normalized spacial score (nSPS) is 21.0. The topological polar surface area (TPSA) is 79.3 Å². The summed E-state index contributed by atoms with van der Waals surface area (Å²) in [6, 6.07) is 8.42. The molecule has 0 bridgehead atoms. The largest absolute Gasteiger partial charge is 0.490 e. The van der Waals surface area contributed by atoms with E-state index < -0.39 is 35.6 Å². The van der Waals surface area contributed by atoms with Gasteiger partial charge in [-0.2, -0.15) is 22.0 Å². The van der Waals surface area contributed by atoms with Crippen LogP contribution in [0.25, 0.3) is 0 Å². The lowest BCUT2D eigenvalue weighted by Crippen LogP contribution is -2.57. The Morgan fingerprint density at radius 1 is 1.05 bits per heavy atom. The van der Waals surface area contributed by atoms with Gasteiger partial charge in [0.2, 0.25) is 0 Å². The molecule has 0 aromatic heterocycles. The summed E-state index contributed by atoms with van der Waals surface area (Å²) in [5, 5.41) is 11.0. The number of carbonyl (C=O) groups is 2. The van der Waals surface area contributed by atoms with Crippen molar-refractivity contribution in [3.05, 3.63) is 58.6 Å². The maximum atomic E-state index is 14.1. The summed E-state index contributed by atoms with van der Waals surface area (Å²) in [5.74, 6) is -1.24. The molecule has 2 aromatic carbocycles. The highest BCUT2D eigenvalue weighted by Gasteiger charge is 2.62. The van der Waals surface area contributed by atoms with Crippen LogP contribution in [-0.2, 0) is 10.4 Å². The first-order valence-electron chi connectivity index (χ1n) is 13.5. The summed E-state index contributed by atoms with van der Waals surface area (Å²) in [6.45, 7) is -3.23. The van der Waals surface area contributed by atoms with Gasteiger partial charge in [0.25, 0.3) is 17.4 Å². The van der Waals surface area contributed by atoms with Gasteiger partial charge < -0.3 is 24.4 Å². The Kier molecular flexibility index (Phi) is 9.56. The minimum Gasteiger partial charge on any atom is -0.490 e. The predicted octanol–water partition coefficient (Wildman–Crippen LogP) is 5.88. The number of amides is 2. The molecule has 1 heterocycles. The number of alkyl halides is 5. The molecule has 13 heteroatoms. The first-order valence-corrected chi connectivity index (χ1v) is 13.9. The molecule has 1 N–H and O–H groups in total. The number of likely N-dealkylation sites (tertiary alicyclic amines) is 1. The van der Waals surface area contributed by atoms with Crippen molar-refractivity contribution in [2.75, 3.05) is 27.2 Å². The van der Waals surface area contributed by atoms with Crippen LogP contribution < -0.4 is 9.47 Å². The first kappa shape index (κ1) is 31.8. The lowest BCUT2D eigenvalue weighted by atomic mass is 9.74. The van der Waals surface area contributed by atoms with E-state index in [2.05, 4.69) is 4.74 Å². The van der Waals surface area contributed by atoms with Crippen molar-refractivity contribution in [2.24, 2.45) is 11.8 Å². The molecule has 1 saturated carbocycles. The van der Waals surface area contributed by atoms with Crippen LogP contribution in [0.15, 0.2) is 42.5 Å². The van der Waals surface area contributed by atoms with E-state index in [0.29, 0.717) is 41.2 Å². The average molecular weight is 619 g/mol. The molecule has 2 aliphatic rings. The third-order valence-electron chi connectivity index (χ3n) is 7.84. The van der Waals surface area contributed by atoms with Gasteiger partial charge in [-0.15, -0.1) is 0 Å². The van der Waals surface area contributed by atoms with Crippen LogP contribution in [0.4, 0.5) is 22.0 Å². The van der Waals surface area contributed by atoms with E-state index in [0.717, 1.165) is 42.4 Å². The second-order valence-electron chi connectivity index (χ2n) is 11.0. The number of benzene rings is 2. The number of piperidine rings is 1. The molecule has 230 valence electrons. The van der Waals surface area contributed by atoms with E-state index in [9.17, 15) is 36.6 Å². The van der Waals surface area contributed by atoms with Crippen molar-refractivity contribution in [3.63, 3.8) is 0 Å². The number of halogens is 6. The van der Waals surface area contributed by atoms with Gasteiger partial charge in [0.1, 0.15) is 11.5 Å². The maximum absolute atomic E-state index is 14.1. The molecular formula is C29H32ClF5N2O5. The van der Waals surface area contributed by atoms with E-state index >= 15 is 0 Å². The third kappa shape index (κ3) is 6.91. The summed E-state index contributed by atoms with van der Waals surface area (Å²) in [5.41, 5.74) is -4.41. The van der Waals surface area contributed by atoms with E-state index in [1.54, 1.807) is 32.3 Å². The highest BCUT2D eigenvalue weighted by atomic mass is 35.5. The Morgan fingerprint density at radius 3 is 2.29 bits per heavy atom. The summed E-state index contributed by atoms with van der Waals surface area (Å²) in [4.78, 5) is 27.6. The molecule has 1 saturated heterocycles. The fourth-order valence-electron chi connectivity index (χ4n) is 5.52. The minimum atomic E-state index is -5.39. The van der Waals surface area contributed by atoms with Crippen molar-refractivity contribution in [1.82, 2.24) is 9.80 Å². The molecular weight excluding hydrogens is 587 g/mol. The zero-order valence-electron chi connectivity index (χ0n) is 23.0. The fourth-order valence-corrected chi connectivity index (χ4v) is 5.77. The molecule has 42 heavy (non-hydrogen) atoms. The van der Waals surface area contributed by atoms with Gasteiger partial charge in [-0.1, -0.05) is 23.7 Å². The number of hydrogen-bond donors (Lipinski definition) is 1. The van der Waals surface area contributed by atoms with Gasteiger partial charge in [-0.25, -0.2) is 0 Å². The van der Waals surface area contributed by atoms with E-state index in [-0.39, 0.29) is 31.0 Å².